The Kier molecular flexibility index (Phi) is 3.83. The van der Waals surface area contributed by atoms with Gasteiger partial charge in [-0.05, 0) is 30.4 Å². The second-order valence-electron chi connectivity index (χ2n) is 5.29. The molecule has 0 amide bonds. The molecule has 2 fully saturated rings. The number of fused-ring (bicyclic) bond motifs is 1. The average molecular weight is 387 g/mol. The van der Waals surface area contributed by atoms with Crippen LogP contribution >= 0.6 is 28.1 Å². The summed E-state index contributed by atoms with van der Waals surface area (Å²) in [5, 5.41) is 0.679. The quantitative estimate of drug-likeness (QED) is 0.588. The van der Waals surface area contributed by atoms with Gasteiger partial charge in [0.2, 0.25) is 0 Å². The van der Waals surface area contributed by atoms with Crippen molar-refractivity contribution < 1.29 is 8.42 Å². The Morgan fingerprint density at radius 1 is 1.38 bits per heavy atom. The van der Waals surface area contributed by atoms with Gasteiger partial charge in [-0.15, -0.1) is 6.58 Å². The molecule has 1 aromatic carbocycles. The number of sulfone groups is 1. The third kappa shape index (κ3) is 2.62. The van der Waals surface area contributed by atoms with E-state index in [1.54, 1.807) is 6.08 Å². The number of halogens is 1. The van der Waals surface area contributed by atoms with Gasteiger partial charge >= 0.3 is 0 Å². The molecule has 2 aliphatic rings. The summed E-state index contributed by atoms with van der Waals surface area (Å²) >= 11 is 9.03. The van der Waals surface area contributed by atoms with Crippen LogP contribution in [0.5, 0.6) is 0 Å². The number of thiocarbonyl (C=S) groups is 1. The summed E-state index contributed by atoms with van der Waals surface area (Å²) < 4.78 is 25.0. The molecule has 0 N–H and O–H groups in total. The predicted octanol–water partition coefficient (Wildman–Crippen LogP) is 2.21. The number of hydrogen-bond acceptors (Lipinski definition) is 3. The van der Waals surface area contributed by atoms with Crippen molar-refractivity contribution in [2.24, 2.45) is 0 Å². The minimum Gasteiger partial charge on any atom is -0.339 e. The highest BCUT2D eigenvalue weighted by Crippen LogP contribution is 2.35. The molecule has 4 nitrogen and oxygen atoms in total. The van der Waals surface area contributed by atoms with Crippen molar-refractivity contribution in [2.75, 3.05) is 23.0 Å². The zero-order valence-electron chi connectivity index (χ0n) is 11.3. The molecular weight excluding hydrogens is 372 g/mol. The van der Waals surface area contributed by atoms with E-state index in [0.717, 1.165) is 10.2 Å². The van der Waals surface area contributed by atoms with Crippen LogP contribution in [0.3, 0.4) is 0 Å². The van der Waals surface area contributed by atoms with Crippen LogP contribution in [0.1, 0.15) is 0 Å². The van der Waals surface area contributed by atoms with E-state index in [1.165, 1.54) is 0 Å². The molecule has 3 rings (SSSR count). The zero-order valence-corrected chi connectivity index (χ0v) is 14.5. The molecule has 2 heterocycles. The first-order valence-corrected chi connectivity index (χ1v) is 9.62. The molecule has 0 bridgehead atoms. The highest BCUT2D eigenvalue weighted by Gasteiger charge is 2.51. The van der Waals surface area contributed by atoms with Gasteiger partial charge in [-0.1, -0.05) is 28.1 Å². The first kappa shape index (κ1) is 15.0. The Hall–Kier alpha value is -0.920. The van der Waals surface area contributed by atoms with Crippen LogP contribution < -0.4 is 4.90 Å². The van der Waals surface area contributed by atoms with Gasteiger partial charge in [0.15, 0.2) is 14.9 Å². The third-order valence-corrected chi connectivity index (χ3v) is 6.51. The molecular formula is C14H15BrN2O2S2. The van der Waals surface area contributed by atoms with E-state index in [2.05, 4.69) is 22.5 Å². The van der Waals surface area contributed by atoms with Gasteiger partial charge in [0, 0.05) is 16.7 Å². The molecule has 2 aliphatic heterocycles. The van der Waals surface area contributed by atoms with Gasteiger partial charge in [-0.3, -0.25) is 0 Å². The normalized spacial score (nSPS) is 27.0. The highest BCUT2D eigenvalue weighted by molar-refractivity contribution is 9.10. The first-order chi connectivity index (χ1) is 9.93. The maximum absolute atomic E-state index is 12.0. The summed E-state index contributed by atoms with van der Waals surface area (Å²) in [6, 6.07) is 7.59. The van der Waals surface area contributed by atoms with Crippen molar-refractivity contribution in [1.29, 1.82) is 0 Å². The first-order valence-electron chi connectivity index (χ1n) is 6.59. The van der Waals surface area contributed by atoms with Crippen LogP contribution in [0.15, 0.2) is 41.4 Å². The van der Waals surface area contributed by atoms with Crippen LogP contribution in [0, 0.1) is 0 Å². The minimum absolute atomic E-state index is 0.0838. The van der Waals surface area contributed by atoms with Gasteiger partial charge in [0.1, 0.15) is 0 Å². The summed E-state index contributed by atoms with van der Waals surface area (Å²) in [7, 11) is -3.02. The Morgan fingerprint density at radius 2 is 2.10 bits per heavy atom. The van der Waals surface area contributed by atoms with Gasteiger partial charge in [-0.25, -0.2) is 8.42 Å². The molecule has 7 heteroatoms. The third-order valence-electron chi connectivity index (χ3n) is 3.89. The fourth-order valence-electron chi connectivity index (χ4n) is 3.06. The summed E-state index contributed by atoms with van der Waals surface area (Å²) in [5.41, 5.74) is 0.924. The SMILES string of the molecule is C=CCN1C(=S)N(c2cccc(Br)c2)[C@@H]2CS(=O)(=O)C[C@@H]21. The number of benzene rings is 1. The average Bonchev–Trinajstić information content (AvgIpc) is 2.82. The van der Waals surface area contributed by atoms with Crippen molar-refractivity contribution in [3.8, 4) is 0 Å². The molecule has 0 radical (unpaired) electrons. The van der Waals surface area contributed by atoms with E-state index < -0.39 is 9.84 Å². The molecule has 1 aromatic rings. The molecule has 0 aliphatic carbocycles. The predicted molar refractivity (Wildman–Crippen MR) is 92.4 cm³/mol. The van der Waals surface area contributed by atoms with Gasteiger partial charge < -0.3 is 9.80 Å². The lowest BCUT2D eigenvalue weighted by molar-refractivity contribution is 0.389. The monoisotopic (exact) mass is 386 g/mol. The number of nitrogens with zero attached hydrogens (tertiary/aromatic N) is 2. The number of rotatable bonds is 3. The largest absolute Gasteiger partial charge is 0.339 e. The van der Waals surface area contributed by atoms with Crippen LogP contribution in [-0.2, 0) is 9.84 Å². The molecule has 0 aromatic heterocycles. The molecule has 2 atom stereocenters. The van der Waals surface area contributed by atoms with E-state index >= 15 is 0 Å². The maximum Gasteiger partial charge on any atom is 0.177 e. The second kappa shape index (κ2) is 5.37. The lowest BCUT2D eigenvalue weighted by atomic mass is 10.1. The molecule has 21 heavy (non-hydrogen) atoms. The van der Waals surface area contributed by atoms with Gasteiger partial charge in [0.25, 0.3) is 0 Å². The number of anilines is 1. The van der Waals surface area contributed by atoms with Crippen molar-refractivity contribution in [3.05, 3.63) is 41.4 Å². The van der Waals surface area contributed by atoms with Crippen molar-refractivity contribution in [3.63, 3.8) is 0 Å². The Bertz CT molecular complexity index is 705. The van der Waals surface area contributed by atoms with E-state index in [9.17, 15) is 8.42 Å². The second-order valence-corrected chi connectivity index (χ2v) is 8.72. The standard InChI is InChI=1S/C14H15BrN2O2S2/c1-2-6-16-12-8-21(18,19)9-13(12)17(14(16)20)11-5-3-4-10(15)7-11/h2-5,7,12-13H,1,6,8-9H2/t12-,13+/m0/s1. The van der Waals surface area contributed by atoms with Crippen molar-refractivity contribution >= 4 is 48.8 Å². The van der Waals surface area contributed by atoms with E-state index in [4.69, 9.17) is 12.2 Å². The fourth-order valence-corrected chi connectivity index (χ4v) is 5.85. The van der Waals surface area contributed by atoms with Crippen LogP contribution in [0.2, 0.25) is 0 Å². The zero-order chi connectivity index (χ0) is 15.2. The summed E-state index contributed by atoms with van der Waals surface area (Å²) in [6.07, 6.45) is 1.76. The fraction of sp³-hybridized carbons (Fsp3) is 0.357. The Morgan fingerprint density at radius 3 is 2.76 bits per heavy atom. The minimum atomic E-state index is -3.02. The maximum atomic E-state index is 12.0. The molecule has 112 valence electrons. The van der Waals surface area contributed by atoms with E-state index in [-0.39, 0.29) is 23.6 Å². The molecule has 0 spiro atoms. The summed E-state index contributed by atoms with van der Waals surface area (Å²) in [4.78, 5) is 3.94. The van der Waals surface area contributed by atoms with Crippen molar-refractivity contribution in [1.82, 2.24) is 4.90 Å². The smallest absolute Gasteiger partial charge is 0.177 e. The highest BCUT2D eigenvalue weighted by atomic mass is 79.9. The van der Waals surface area contributed by atoms with E-state index in [1.807, 2.05) is 34.1 Å². The lowest BCUT2D eigenvalue weighted by Crippen LogP contribution is -2.37. The number of hydrogen-bond donors (Lipinski definition) is 0. The van der Waals surface area contributed by atoms with Gasteiger partial charge in [0.05, 0.1) is 23.6 Å². The Labute approximate surface area is 138 Å². The van der Waals surface area contributed by atoms with Gasteiger partial charge in [-0.2, -0.15) is 0 Å². The molecule has 2 saturated heterocycles. The summed E-state index contributed by atoms with van der Waals surface area (Å²) in [5.74, 6) is 0.314. The molecule has 0 unspecified atom stereocenters. The van der Waals surface area contributed by atoms with Crippen LogP contribution in [0.4, 0.5) is 5.69 Å². The van der Waals surface area contributed by atoms with Crippen LogP contribution in [0.25, 0.3) is 0 Å². The molecule has 0 saturated carbocycles. The summed E-state index contributed by atoms with van der Waals surface area (Å²) in [6.45, 7) is 4.31. The van der Waals surface area contributed by atoms with Crippen LogP contribution in [-0.4, -0.2) is 48.6 Å². The Balaban J connectivity index is 2.03. The topological polar surface area (TPSA) is 40.6 Å². The van der Waals surface area contributed by atoms with E-state index in [0.29, 0.717) is 11.7 Å². The lowest BCUT2D eigenvalue weighted by Gasteiger charge is -2.25. The van der Waals surface area contributed by atoms with Crippen molar-refractivity contribution in [2.45, 2.75) is 12.1 Å².